The van der Waals surface area contributed by atoms with Crippen molar-refractivity contribution in [1.82, 2.24) is 0 Å². The molecular formula is C19H28O2. The fourth-order valence-corrected chi connectivity index (χ4v) is 3.37. The number of benzene rings is 1. The van der Waals surface area contributed by atoms with Crippen molar-refractivity contribution in [3.8, 4) is 0 Å². The largest absolute Gasteiger partial charge is 0.481 e. The van der Waals surface area contributed by atoms with Crippen LogP contribution in [-0.4, -0.2) is 11.1 Å². The average Bonchev–Trinajstić information content (AvgIpc) is 2.45. The number of aryl methyl sites for hydroxylation is 1. The second-order valence-corrected chi connectivity index (χ2v) is 7.31. The van der Waals surface area contributed by atoms with Crippen molar-refractivity contribution in [3.63, 3.8) is 0 Å². The first-order chi connectivity index (χ1) is 9.96. The molecule has 1 saturated carbocycles. The van der Waals surface area contributed by atoms with Crippen LogP contribution in [0.1, 0.15) is 75.8 Å². The fourth-order valence-electron chi connectivity index (χ4n) is 3.37. The van der Waals surface area contributed by atoms with Crippen LogP contribution in [0.2, 0.25) is 0 Å². The minimum atomic E-state index is -0.701. The predicted molar refractivity (Wildman–Crippen MR) is 86.6 cm³/mol. The summed E-state index contributed by atoms with van der Waals surface area (Å²) in [6.07, 6.45) is 8.94. The molecule has 116 valence electrons. The second kappa shape index (κ2) is 7.11. The highest BCUT2D eigenvalue weighted by Crippen LogP contribution is 2.33. The molecule has 0 spiro atoms. The van der Waals surface area contributed by atoms with Gasteiger partial charge >= 0.3 is 5.97 Å². The molecule has 2 nitrogen and oxygen atoms in total. The number of aliphatic carboxylic acids is 1. The molecule has 0 atom stereocenters. The maximum absolute atomic E-state index is 10.8. The molecular weight excluding hydrogens is 260 g/mol. The van der Waals surface area contributed by atoms with Crippen LogP contribution in [-0.2, 0) is 11.2 Å². The molecule has 1 aliphatic carbocycles. The molecule has 21 heavy (non-hydrogen) atoms. The van der Waals surface area contributed by atoms with Gasteiger partial charge in [0.15, 0.2) is 0 Å². The van der Waals surface area contributed by atoms with E-state index in [1.165, 1.54) is 43.2 Å². The van der Waals surface area contributed by atoms with E-state index in [1.807, 2.05) is 13.8 Å². The molecule has 0 aliphatic heterocycles. The average molecular weight is 288 g/mol. The summed E-state index contributed by atoms with van der Waals surface area (Å²) in [5.41, 5.74) is 2.68. The maximum atomic E-state index is 10.8. The molecule has 0 aromatic heterocycles. The van der Waals surface area contributed by atoms with E-state index in [9.17, 15) is 4.79 Å². The lowest BCUT2D eigenvalue weighted by Crippen LogP contribution is -2.17. The zero-order valence-corrected chi connectivity index (χ0v) is 13.4. The van der Waals surface area contributed by atoms with Crippen LogP contribution in [0, 0.1) is 5.41 Å². The van der Waals surface area contributed by atoms with Crippen LogP contribution >= 0.6 is 0 Å². The van der Waals surface area contributed by atoms with E-state index in [0.717, 1.165) is 18.8 Å². The van der Waals surface area contributed by atoms with Gasteiger partial charge in [0.25, 0.3) is 0 Å². The van der Waals surface area contributed by atoms with Crippen LogP contribution in [0.15, 0.2) is 24.3 Å². The number of carboxylic acid groups (broad SMARTS) is 1. The van der Waals surface area contributed by atoms with Crippen LogP contribution in [0.5, 0.6) is 0 Å². The number of hydrogen-bond acceptors (Lipinski definition) is 1. The van der Waals surface area contributed by atoms with Crippen LogP contribution in [0.25, 0.3) is 0 Å². The topological polar surface area (TPSA) is 37.3 Å². The van der Waals surface area contributed by atoms with Gasteiger partial charge in [-0.2, -0.15) is 0 Å². The van der Waals surface area contributed by atoms with Crippen molar-refractivity contribution in [3.05, 3.63) is 35.4 Å². The third-order valence-electron chi connectivity index (χ3n) is 4.78. The molecule has 1 fully saturated rings. The van der Waals surface area contributed by atoms with Gasteiger partial charge in [-0.3, -0.25) is 4.79 Å². The molecule has 2 rings (SSSR count). The van der Waals surface area contributed by atoms with E-state index in [-0.39, 0.29) is 11.8 Å². The van der Waals surface area contributed by atoms with Gasteiger partial charge in [0.2, 0.25) is 0 Å². The van der Waals surface area contributed by atoms with Crippen molar-refractivity contribution in [2.45, 2.75) is 71.1 Å². The summed E-state index contributed by atoms with van der Waals surface area (Å²) < 4.78 is 0. The fraction of sp³-hybridized carbons (Fsp3) is 0.632. The van der Waals surface area contributed by atoms with Crippen molar-refractivity contribution in [2.75, 3.05) is 0 Å². The predicted octanol–water partition coefficient (Wildman–Crippen LogP) is 5.17. The molecule has 0 amide bonds. The van der Waals surface area contributed by atoms with E-state index < -0.39 is 5.97 Å². The highest BCUT2D eigenvalue weighted by Gasteiger charge is 2.21. The highest BCUT2D eigenvalue weighted by molar-refractivity contribution is 5.67. The molecule has 1 aromatic rings. The Morgan fingerprint density at radius 3 is 2.33 bits per heavy atom. The lowest BCUT2D eigenvalue weighted by molar-refractivity contribution is -0.139. The van der Waals surface area contributed by atoms with Gasteiger partial charge in [-0.05, 0) is 48.1 Å². The van der Waals surface area contributed by atoms with Crippen LogP contribution in [0.3, 0.4) is 0 Å². The lowest BCUT2D eigenvalue weighted by Gasteiger charge is -2.23. The SMILES string of the molecule is CC(C)(CCc1ccc(C2CCCCC2)cc1)CC(=O)O. The molecule has 0 unspecified atom stereocenters. The van der Waals surface area contributed by atoms with Gasteiger partial charge < -0.3 is 5.11 Å². The smallest absolute Gasteiger partial charge is 0.303 e. The first kappa shape index (κ1) is 16.1. The van der Waals surface area contributed by atoms with Crippen molar-refractivity contribution in [1.29, 1.82) is 0 Å². The Hall–Kier alpha value is -1.31. The van der Waals surface area contributed by atoms with Gasteiger partial charge in [-0.25, -0.2) is 0 Å². The summed E-state index contributed by atoms with van der Waals surface area (Å²) in [6.45, 7) is 4.08. The van der Waals surface area contributed by atoms with Crippen molar-refractivity contribution in [2.24, 2.45) is 5.41 Å². The number of carbonyl (C=O) groups is 1. The molecule has 0 radical (unpaired) electrons. The molecule has 1 aliphatic rings. The quantitative estimate of drug-likeness (QED) is 0.784. The van der Waals surface area contributed by atoms with E-state index in [0.29, 0.717) is 0 Å². The highest BCUT2D eigenvalue weighted by atomic mass is 16.4. The van der Waals surface area contributed by atoms with E-state index in [1.54, 1.807) is 0 Å². The minimum absolute atomic E-state index is 0.131. The monoisotopic (exact) mass is 288 g/mol. The second-order valence-electron chi connectivity index (χ2n) is 7.31. The molecule has 1 N–H and O–H groups in total. The number of carboxylic acids is 1. The Labute approximate surface area is 128 Å². The summed E-state index contributed by atoms with van der Waals surface area (Å²) >= 11 is 0. The molecule has 0 bridgehead atoms. The third-order valence-corrected chi connectivity index (χ3v) is 4.78. The number of rotatable bonds is 6. The summed E-state index contributed by atoms with van der Waals surface area (Å²) in [5, 5.41) is 8.93. The summed E-state index contributed by atoms with van der Waals surface area (Å²) in [4.78, 5) is 10.8. The van der Waals surface area contributed by atoms with Gasteiger partial charge in [-0.15, -0.1) is 0 Å². The van der Waals surface area contributed by atoms with Crippen LogP contribution in [0.4, 0.5) is 0 Å². The van der Waals surface area contributed by atoms with Gasteiger partial charge in [0, 0.05) is 0 Å². The molecule has 2 heteroatoms. The van der Waals surface area contributed by atoms with Gasteiger partial charge in [-0.1, -0.05) is 57.4 Å². The normalized spacial score (nSPS) is 16.9. The Morgan fingerprint density at radius 1 is 1.14 bits per heavy atom. The first-order valence-corrected chi connectivity index (χ1v) is 8.27. The maximum Gasteiger partial charge on any atom is 0.303 e. The first-order valence-electron chi connectivity index (χ1n) is 8.27. The standard InChI is InChI=1S/C19H28O2/c1-19(2,14-18(20)21)13-12-15-8-10-17(11-9-15)16-6-4-3-5-7-16/h8-11,16H,3-7,12-14H2,1-2H3,(H,20,21). The Bertz CT molecular complexity index is 453. The van der Waals surface area contributed by atoms with Crippen molar-refractivity contribution < 1.29 is 9.90 Å². The van der Waals surface area contributed by atoms with Gasteiger partial charge in [0.1, 0.15) is 0 Å². The number of hydrogen-bond donors (Lipinski definition) is 1. The Balaban J connectivity index is 1.88. The Morgan fingerprint density at radius 2 is 1.76 bits per heavy atom. The van der Waals surface area contributed by atoms with Crippen LogP contribution < -0.4 is 0 Å². The molecule has 1 aromatic carbocycles. The summed E-state index contributed by atoms with van der Waals surface area (Å²) in [6, 6.07) is 9.05. The summed E-state index contributed by atoms with van der Waals surface area (Å²) in [5.74, 6) is 0.0592. The third kappa shape index (κ3) is 5.18. The van der Waals surface area contributed by atoms with Gasteiger partial charge in [0.05, 0.1) is 6.42 Å². The van der Waals surface area contributed by atoms with E-state index >= 15 is 0 Å². The minimum Gasteiger partial charge on any atom is -0.481 e. The summed E-state index contributed by atoms with van der Waals surface area (Å²) in [7, 11) is 0. The Kier molecular flexibility index (Phi) is 5.44. The lowest BCUT2D eigenvalue weighted by atomic mass is 9.82. The van der Waals surface area contributed by atoms with E-state index in [4.69, 9.17) is 5.11 Å². The zero-order valence-electron chi connectivity index (χ0n) is 13.4. The molecule has 0 heterocycles. The van der Waals surface area contributed by atoms with Crippen molar-refractivity contribution >= 4 is 5.97 Å². The zero-order chi connectivity index (χ0) is 15.3. The van der Waals surface area contributed by atoms with E-state index in [2.05, 4.69) is 24.3 Å². The molecule has 0 saturated heterocycles.